The number of aromatic amines is 1. The van der Waals surface area contributed by atoms with E-state index >= 15 is 0 Å². The molecule has 3 aromatic carbocycles. The number of para-hydroxylation sites is 2. The third-order valence-corrected chi connectivity index (χ3v) is 7.33. The zero-order valence-electron chi connectivity index (χ0n) is 16.6. The molecule has 1 amide bonds. The molecule has 10 heteroatoms. The minimum Gasteiger partial charge on any atom is -0.338 e. The number of rotatable bonds is 3. The van der Waals surface area contributed by atoms with Gasteiger partial charge in [-0.25, -0.2) is 4.98 Å². The Morgan fingerprint density at radius 2 is 1.85 bits per heavy atom. The molecule has 0 aliphatic heterocycles. The van der Waals surface area contributed by atoms with Gasteiger partial charge in [-0.15, -0.1) is 11.3 Å². The van der Waals surface area contributed by atoms with Gasteiger partial charge in [0.1, 0.15) is 10.7 Å². The molecule has 2 heterocycles. The van der Waals surface area contributed by atoms with Crippen molar-refractivity contribution in [2.45, 2.75) is 0 Å². The highest BCUT2D eigenvalue weighted by Crippen LogP contribution is 2.36. The lowest BCUT2D eigenvalue weighted by Gasteiger charge is -2.11. The lowest BCUT2D eigenvalue weighted by Crippen LogP contribution is -2.33. The monoisotopic (exact) mass is 530 g/mol. The zero-order valence-corrected chi connectivity index (χ0v) is 20.5. The lowest BCUT2D eigenvalue weighted by molar-refractivity contribution is 0.0982. The average Bonchev–Trinajstić information content (AvgIpc) is 3.36. The lowest BCUT2D eigenvalue weighted by atomic mass is 10.2. The average molecular weight is 532 g/mol. The van der Waals surface area contributed by atoms with Crippen LogP contribution in [0.25, 0.3) is 32.5 Å². The standard InChI is InChI=1S/C23H13Cl3N4OS2/c24-12-6-7-13-18(10-12)33-20(19(13)26)22(31)30-23(32)29-17-9-11(5-8-14(17)25)21-27-15-3-1-2-4-16(15)28-21/h1-10H,(H,27,28)(H2,29,30,31,32). The molecule has 2 aromatic heterocycles. The van der Waals surface area contributed by atoms with Gasteiger partial charge in [0.25, 0.3) is 5.91 Å². The first kappa shape index (κ1) is 22.1. The maximum absolute atomic E-state index is 12.8. The maximum atomic E-state index is 12.8. The third kappa shape index (κ3) is 4.43. The van der Waals surface area contributed by atoms with Crippen LogP contribution in [0.4, 0.5) is 5.69 Å². The van der Waals surface area contributed by atoms with Gasteiger partial charge in [-0.05, 0) is 54.7 Å². The number of aromatic nitrogens is 2. The summed E-state index contributed by atoms with van der Waals surface area (Å²) in [5, 5.41) is 7.87. The number of fused-ring (bicyclic) bond motifs is 2. The molecule has 0 saturated heterocycles. The molecule has 0 spiro atoms. The number of amides is 1. The molecule has 164 valence electrons. The van der Waals surface area contributed by atoms with Gasteiger partial charge in [-0.1, -0.05) is 53.0 Å². The highest BCUT2D eigenvalue weighted by Gasteiger charge is 2.19. The Bertz CT molecular complexity index is 1530. The van der Waals surface area contributed by atoms with Crippen LogP contribution >= 0.6 is 58.4 Å². The molecule has 5 nitrogen and oxygen atoms in total. The van der Waals surface area contributed by atoms with Crippen LogP contribution in [-0.4, -0.2) is 21.0 Å². The molecule has 33 heavy (non-hydrogen) atoms. The van der Waals surface area contributed by atoms with Crippen LogP contribution in [0.1, 0.15) is 9.67 Å². The molecule has 5 rings (SSSR count). The summed E-state index contributed by atoms with van der Waals surface area (Å²) in [6, 6.07) is 18.5. The summed E-state index contributed by atoms with van der Waals surface area (Å²) in [6.45, 7) is 0. The molecule has 0 saturated carbocycles. The minimum absolute atomic E-state index is 0.0928. The first-order chi connectivity index (χ1) is 15.9. The Morgan fingerprint density at radius 3 is 2.67 bits per heavy atom. The Balaban J connectivity index is 1.36. The van der Waals surface area contributed by atoms with Gasteiger partial charge in [0.05, 0.1) is 26.8 Å². The summed E-state index contributed by atoms with van der Waals surface area (Å²) in [5.74, 6) is 0.279. The number of benzene rings is 3. The van der Waals surface area contributed by atoms with Crippen LogP contribution in [0.15, 0.2) is 60.7 Å². The van der Waals surface area contributed by atoms with E-state index in [9.17, 15) is 4.79 Å². The smallest absolute Gasteiger partial charge is 0.269 e. The van der Waals surface area contributed by atoms with Crippen LogP contribution in [0.2, 0.25) is 15.1 Å². The Kier molecular flexibility index (Phi) is 5.99. The number of nitrogens with one attached hydrogen (secondary N) is 3. The number of imidazole rings is 1. The molecule has 0 aliphatic rings. The van der Waals surface area contributed by atoms with Crippen molar-refractivity contribution in [2.75, 3.05) is 5.32 Å². The van der Waals surface area contributed by atoms with Crippen molar-refractivity contribution in [3.8, 4) is 11.4 Å². The second-order valence-electron chi connectivity index (χ2n) is 7.09. The van der Waals surface area contributed by atoms with Gasteiger partial charge < -0.3 is 10.3 Å². The van der Waals surface area contributed by atoms with Crippen LogP contribution in [0.5, 0.6) is 0 Å². The zero-order chi connectivity index (χ0) is 23.1. The topological polar surface area (TPSA) is 69.8 Å². The Labute approximate surface area is 212 Å². The molecule has 0 unspecified atom stereocenters. The summed E-state index contributed by atoms with van der Waals surface area (Å²) in [5.41, 5.74) is 3.15. The fraction of sp³-hybridized carbons (Fsp3) is 0. The maximum Gasteiger partial charge on any atom is 0.269 e. The summed E-state index contributed by atoms with van der Waals surface area (Å²) in [6.07, 6.45) is 0. The predicted molar refractivity (Wildman–Crippen MR) is 142 cm³/mol. The number of thiocarbonyl (C=S) groups is 1. The summed E-state index contributed by atoms with van der Waals surface area (Å²) >= 11 is 25.4. The van der Waals surface area contributed by atoms with Crippen molar-refractivity contribution in [3.63, 3.8) is 0 Å². The SMILES string of the molecule is O=C(NC(=S)Nc1cc(-c2nc3ccccc3[nH]2)ccc1Cl)c1sc2cc(Cl)ccc2c1Cl. The first-order valence-corrected chi connectivity index (χ1v) is 12.0. The van der Waals surface area contributed by atoms with Crippen molar-refractivity contribution in [1.29, 1.82) is 0 Å². The van der Waals surface area contributed by atoms with E-state index in [0.717, 1.165) is 26.7 Å². The van der Waals surface area contributed by atoms with Crippen LogP contribution in [-0.2, 0) is 0 Å². The largest absolute Gasteiger partial charge is 0.338 e. The number of hydrogen-bond acceptors (Lipinski definition) is 4. The minimum atomic E-state index is -0.417. The van der Waals surface area contributed by atoms with E-state index in [4.69, 9.17) is 47.0 Å². The van der Waals surface area contributed by atoms with Crippen molar-refractivity contribution >= 4 is 96.2 Å². The number of halogens is 3. The molecule has 0 aliphatic carbocycles. The fourth-order valence-corrected chi connectivity index (χ4v) is 5.41. The Hall–Kier alpha value is -2.68. The van der Waals surface area contributed by atoms with Crippen molar-refractivity contribution in [1.82, 2.24) is 15.3 Å². The molecule has 0 fully saturated rings. The van der Waals surface area contributed by atoms with E-state index in [-0.39, 0.29) is 5.11 Å². The molecule has 5 aromatic rings. The summed E-state index contributed by atoms with van der Waals surface area (Å²) in [4.78, 5) is 21.0. The van der Waals surface area contributed by atoms with Gasteiger partial charge in [0.15, 0.2) is 5.11 Å². The van der Waals surface area contributed by atoms with Crippen molar-refractivity contribution < 1.29 is 4.79 Å². The van der Waals surface area contributed by atoms with Gasteiger partial charge >= 0.3 is 0 Å². The molecule has 0 radical (unpaired) electrons. The Morgan fingerprint density at radius 1 is 1.03 bits per heavy atom. The molecule has 0 atom stereocenters. The van der Waals surface area contributed by atoms with E-state index in [0.29, 0.717) is 31.5 Å². The fourth-order valence-electron chi connectivity index (χ4n) is 3.36. The third-order valence-electron chi connectivity index (χ3n) is 4.90. The van der Waals surface area contributed by atoms with E-state index < -0.39 is 5.91 Å². The molecular weight excluding hydrogens is 519 g/mol. The highest BCUT2D eigenvalue weighted by molar-refractivity contribution is 7.80. The van der Waals surface area contributed by atoms with Gasteiger partial charge in [0, 0.05) is 20.7 Å². The molecule has 0 bridgehead atoms. The number of carbonyl (C=O) groups is 1. The second-order valence-corrected chi connectivity index (χ2v) is 9.77. The van der Waals surface area contributed by atoms with Crippen LogP contribution in [0.3, 0.4) is 0 Å². The van der Waals surface area contributed by atoms with Crippen LogP contribution < -0.4 is 10.6 Å². The number of carbonyl (C=O) groups excluding carboxylic acids is 1. The van der Waals surface area contributed by atoms with Gasteiger partial charge in [-0.2, -0.15) is 0 Å². The van der Waals surface area contributed by atoms with Crippen molar-refractivity contribution in [3.05, 3.63) is 80.6 Å². The number of thiophene rings is 1. The molecular formula is C23H13Cl3N4OS2. The van der Waals surface area contributed by atoms with Gasteiger partial charge in [0.2, 0.25) is 0 Å². The summed E-state index contributed by atoms with van der Waals surface area (Å²) in [7, 11) is 0. The normalized spacial score (nSPS) is 11.1. The number of nitrogens with zero attached hydrogens (tertiary/aromatic N) is 1. The van der Waals surface area contributed by atoms with E-state index in [1.165, 1.54) is 11.3 Å². The predicted octanol–water partition coefficient (Wildman–Crippen LogP) is 7.53. The first-order valence-electron chi connectivity index (χ1n) is 9.63. The van der Waals surface area contributed by atoms with E-state index in [2.05, 4.69) is 20.6 Å². The number of anilines is 1. The molecule has 3 N–H and O–H groups in total. The number of hydrogen-bond donors (Lipinski definition) is 3. The van der Waals surface area contributed by atoms with E-state index in [1.807, 2.05) is 36.4 Å². The van der Waals surface area contributed by atoms with E-state index in [1.54, 1.807) is 24.3 Å². The quantitative estimate of drug-likeness (QED) is 0.210. The van der Waals surface area contributed by atoms with Gasteiger partial charge in [-0.3, -0.25) is 10.1 Å². The summed E-state index contributed by atoms with van der Waals surface area (Å²) < 4.78 is 0.818. The van der Waals surface area contributed by atoms with Crippen molar-refractivity contribution in [2.24, 2.45) is 0 Å². The van der Waals surface area contributed by atoms with Crippen LogP contribution in [0, 0.1) is 0 Å². The second kappa shape index (κ2) is 8.93. The number of H-pyrrole nitrogens is 1. The highest BCUT2D eigenvalue weighted by atomic mass is 35.5.